The second-order valence-electron chi connectivity index (χ2n) is 6.37. The SMILES string of the molecule is Cc1ccc(CNC(=O)N2CC[C@](C)(O)C2)c(-n2cc(Cl)cn2)n1. The van der Waals surface area contributed by atoms with Crippen LogP contribution in [0, 0.1) is 6.92 Å². The molecule has 0 spiro atoms. The second-order valence-corrected chi connectivity index (χ2v) is 6.80. The van der Waals surface area contributed by atoms with Gasteiger partial charge in [0.25, 0.3) is 0 Å². The lowest BCUT2D eigenvalue weighted by atomic mass is 10.1. The Morgan fingerprint density at radius 2 is 2.29 bits per heavy atom. The molecule has 0 unspecified atom stereocenters. The van der Waals surface area contributed by atoms with E-state index >= 15 is 0 Å². The van der Waals surface area contributed by atoms with Gasteiger partial charge in [0.15, 0.2) is 5.82 Å². The van der Waals surface area contributed by atoms with Gasteiger partial charge in [0.2, 0.25) is 0 Å². The number of rotatable bonds is 3. The predicted molar refractivity (Wildman–Crippen MR) is 90.2 cm³/mol. The van der Waals surface area contributed by atoms with Crippen LogP contribution in [0.3, 0.4) is 0 Å². The van der Waals surface area contributed by atoms with E-state index in [9.17, 15) is 9.90 Å². The maximum atomic E-state index is 12.3. The number of aryl methyl sites for hydroxylation is 1. The molecule has 0 saturated carbocycles. The highest BCUT2D eigenvalue weighted by molar-refractivity contribution is 6.30. The lowest BCUT2D eigenvalue weighted by molar-refractivity contribution is 0.0719. The normalized spacial score (nSPS) is 20.4. The van der Waals surface area contributed by atoms with Crippen LogP contribution in [-0.2, 0) is 6.54 Å². The van der Waals surface area contributed by atoms with Gasteiger partial charge in [0, 0.05) is 24.3 Å². The van der Waals surface area contributed by atoms with E-state index in [-0.39, 0.29) is 6.03 Å². The van der Waals surface area contributed by atoms with Crippen LogP contribution in [0.4, 0.5) is 4.79 Å². The van der Waals surface area contributed by atoms with E-state index in [0.717, 1.165) is 11.3 Å². The molecule has 24 heavy (non-hydrogen) atoms. The molecule has 128 valence electrons. The van der Waals surface area contributed by atoms with E-state index in [4.69, 9.17) is 11.6 Å². The number of nitrogens with zero attached hydrogens (tertiary/aromatic N) is 4. The summed E-state index contributed by atoms with van der Waals surface area (Å²) in [4.78, 5) is 18.4. The lowest BCUT2D eigenvalue weighted by Gasteiger charge is -2.20. The molecule has 2 amide bonds. The molecular weight excluding hydrogens is 330 g/mol. The van der Waals surface area contributed by atoms with Crippen molar-refractivity contribution in [1.29, 1.82) is 0 Å². The number of nitrogens with one attached hydrogen (secondary N) is 1. The van der Waals surface area contributed by atoms with E-state index in [1.807, 2.05) is 19.1 Å². The van der Waals surface area contributed by atoms with E-state index in [1.54, 1.807) is 28.9 Å². The molecule has 3 rings (SSSR count). The fraction of sp³-hybridized carbons (Fsp3) is 0.438. The van der Waals surface area contributed by atoms with Crippen molar-refractivity contribution in [2.75, 3.05) is 13.1 Å². The third-order valence-corrected chi connectivity index (χ3v) is 4.23. The van der Waals surface area contributed by atoms with Crippen molar-refractivity contribution in [3.05, 3.63) is 40.8 Å². The van der Waals surface area contributed by atoms with Gasteiger partial charge in [0.05, 0.1) is 29.6 Å². The Kier molecular flexibility index (Phi) is 4.47. The van der Waals surface area contributed by atoms with Crippen LogP contribution in [0.15, 0.2) is 24.5 Å². The number of β-amino-alcohol motifs (C(OH)–C–C–N with tert-alkyl or cyclic N) is 1. The summed E-state index contributed by atoms with van der Waals surface area (Å²) in [5, 5.41) is 17.5. The van der Waals surface area contributed by atoms with E-state index < -0.39 is 5.60 Å². The summed E-state index contributed by atoms with van der Waals surface area (Å²) in [6.45, 7) is 4.84. The highest BCUT2D eigenvalue weighted by Crippen LogP contribution is 2.20. The summed E-state index contributed by atoms with van der Waals surface area (Å²) in [6.07, 6.45) is 3.80. The summed E-state index contributed by atoms with van der Waals surface area (Å²) in [7, 11) is 0. The number of urea groups is 1. The molecule has 1 aliphatic heterocycles. The summed E-state index contributed by atoms with van der Waals surface area (Å²) in [5.41, 5.74) is 0.877. The molecule has 3 heterocycles. The molecule has 0 bridgehead atoms. The van der Waals surface area contributed by atoms with Crippen LogP contribution in [0.5, 0.6) is 0 Å². The quantitative estimate of drug-likeness (QED) is 0.886. The van der Waals surface area contributed by atoms with Crippen LogP contribution >= 0.6 is 11.6 Å². The molecule has 2 N–H and O–H groups in total. The van der Waals surface area contributed by atoms with E-state index in [0.29, 0.717) is 36.9 Å². The molecule has 7 nitrogen and oxygen atoms in total. The van der Waals surface area contributed by atoms with Crippen LogP contribution in [0.1, 0.15) is 24.6 Å². The minimum atomic E-state index is -0.806. The highest BCUT2D eigenvalue weighted by atomic mass is 35.5. The van der Waals surface area contributed by atoms with Gasteiger partial charge in [-0.2, -0.15) is 5.10 Å². The van der Waals surface area contributed by atoms with Crippen LogP contribution < -0.4 is 5.32 Å². The largest absolute Gasteiger partial charge is 0.388 e. The maximum absolute atomic E-state index is 12.3. The average molecular weight is 350 g/mol. The summed E-state index contributed by atoms with van der Waals surface area (Å²) >= 11 is 5.93. The van der Waals surface area contributed by atoms with Crippen molar-refractivity contribution < 1.29 is 9.90 Å². The number of likely N-dealkylation sites (tertiary alicyclic amines) is 1. The third kappa shape index (κ3) is 3.68. The second kappa shape index (κ2) is 6.41. The number of pyridine rings is 1. The number of carbonyl (C=O) groups excluding carboxylic acids is 1. The van der Waals surface area contributed by atoms with Gasteiger partial charge in [-0.05, 0) is 26.3 Å². The zero-order valence-corrected chi connectivity index (χ0v) is 14.4. The zero-order chi connectivity index (χ0) is 17.3. The minimum Gasteiger partial charge on any atom is -0.388 e. The first-order chi connectivity index (χ1) is 11.3. The third-order valence-electron chi connectivity index (χ3n) is 4.03. The topological polar surface area (TPSA) is 83.3 Å². The van der Waals surface area contributed by atoms with Crippen molar-refractivity contribution in [2.24, 2.45) is 0 Å². The highest BCUT2D eigenvalue weighted by Gasteiger charge is 2.33. The molecule has 1 saturated heterocycles. The Bertz CT molecular complexity index is 759. The molecule has 2 aromatic rings. The first kappa shape index (κ1) is 16.7. The van der Waals surface area contributed by atoms with Gasteiger partial charge in [-0.25, -0.2) is 14.5 Å². The minimum absolute atomic E-state index is 0.196. The monoisotopic (exact) mass is 349 g/mol. The number of halogens is 1. The molecule has 1 fully saturated rings. The Labute approximate surface area is 145 Å². The maximum Gasteiger partial charge on any atom is 0.317 e. The first-order valence-corrected chi connectivity index (χ1v) is 8.14. The molecule has 0 aromatic carbocycles. The Morgan fingerprint density at radius 1 is 1.50 bits per heavy atom. The van der Waals surface area contributed by atoms with Crippen LogP contribution in [0.25, 0.3) is 5.82 Å². The Balaban J connectivity index is 1.73. The zero-order valence-electron chi connectivity index (χ0n) is 13.7. The van der Waals surface area contributed by atoms with Crippen molar-refractivity contribution >= 4 is 17.6 Å². The van der Waals surface area contributed by atoms with Crippen molar-refractivity contribution in [2.45, 2.75) is 32.4 Å². The smallest absolute Gasteiger partial charge is 0.317 e. The van der Waals surface area contributed by atoms with Gasteiger partial charge < -0.3 is 15.3 Å². The summed E-state index contributed by atoms with van der Waals surface area (Å²) < 4.78 is 1.59. The molecule has 1 aliphatic rings. The number of amides is 2. The number of aliphatic hydroxyl groups is 1. The van der Waals surface area contributed by atoms with Gasteiger partial charge in [-0.15, -0.1) is 0 Å². The Morgan fingerprint density at radius 3 is 2.92 bits per heavy atom. The summed E-state index contributed by atoms with van der Waals surface area (Å²) in [5.74, 6) is 0.635. The number of carbonyl (C=O) groups is 1. The fourth-order valence-electron chi connectivity index (χ4n) is 2.73. The van der Waals surface area contributed by atoms with Crippen molar-refractivity contribution in [1.82, 2.24) is 25.0 Å². The fourth-order valence-corrected chi connectivity index (χ4v) is 2.86. The first-order valence-electron chi connectivity index (χ1n) is 7.76. The van der Waals surface area contributed by atoms with Gasteiger partial charge in [-0.3, -0.25) is 0 Å². The van der Waals surface area contributed by atoms with Gasteiger partial charge in [0.1, 0.15) is 0 Å². The predicted octanol–water partition coefficient (Wildman–Crippen LogP) is 1.90. The molecule has 0 radical (unpaired) electrons. The standard InChI is InChI=1S/C16H20ClN5O2/c1-11-3-4-12(14(20-11)22-9-13(17)8-19-22)7-18-15(23)21-6-5-16(2,24)10-21/h3-4,8-9,24H,5-7,10H2,1-2H3,(H,18,23)/t16-/m0/s1. The average Bonchev–Trinajstić information content (AvgIpc) is 3.11. The number of aromatic nitrogens is 3. The molecule has 1 atom stereocenters. The van der Waals surface area contributed by atoms with Crippen molar-refractivity contribution in [3.8, 4) is 5.82 Å². The van der Waals surface area contributed by atoms with E-state index in [1.165, 1.54) is 0 Å². The van der Waals surface area contributed by atoms with E-state index in [2.05, 4.69) is 15.4 Å². The number of hydrogen-bond acceptors (Lipinski definition) is 4. The van der Waals surface area contributed by atoms with Crippen LogP contribution in [0.2, 0.25) is 5.02 Å². The molecule has 2 aromatic heterocycles. The van der Waals surface area contributed by atoms with Crippen molar-refractivity contribution in [3.63, 3.8) is 0 Å². The summed E-state index contributed by atoms with van der Waals surface area (Å²) in [6, 6.07) is 3.60. The van der Waals surface area contributed by atoms with Gasteiger partial charge in [-0.1, -0.05) is 17.7 Å². The molecular formula is C16H20ClN5O2. The molecule has 8 heteroatoms. The lowest BCUT2D eigenvalue weighted by Crippen LogP contribution is -2.40. The van der Waals surface area contributed by atoms with Crippen LogP contribution in [-0.4, -0.2) is 49.5 Å². The van der Waals surface area contributed by atoms with Gasteiger partial charge >= 0.3 is 6.03 Å². The molecule has 0 aliphatic carbocycles. The number of hydrogen-bond donors (Lipinski definition) is 2. The Hall–Kier alpha value is -2.12.